The lowest BCUT2D eigenvalue weighted by Crippen LogP contribution is -2.48. The Balaban J connectivity index is 1.48. The summed E-state index contributed by atoms with van der Waals surface area (Å²) in [6, 6.07) is 0.514. The van der Waals surface area contributed by atoms with Crippen molar-refractivity contribution in [2.24, 2.45) is 7.05 Å². The van der Waals surface area contributed by atoms with Crippen LogP contribution < -0.4 is 0 Å². The van der Waals surface area contributed by atoms with Crippen LogP contribution in [0.2, 0.25) is 0 Å². The second kappa shape index (κ2) is 7.66. The van der Waals surface area contributed by atoms with Gasteiger partial charge in [0.15, 0.2) is 0 Å². The second-order valence-electron chi connectivity index (χ2n) is 7.34. The highest BCUT2D eigenvalue weighted by molar-refractivity contribution is 5.76. The van der Waals surface area contributed by atoms with E-state index in [0.29, 0.717) is 18.4 Å². The summed E-state index contributed by atoms with van der Waals surface area (Å²) in [4.78, 5) is 21.5. The Labute approximate surface area is 144 Å². The second-order valence-corrected chi connectivity index (χ2v) is 7.34. The van der Waals surface area contributed by atoms with E-state index in [9.17, 15) is 4.79 Å². The maximum absolute atomic E-state index is 12.6. The molecule has 3 rings (SSSR count). The molecule has 0 spiro atoms. The first-order valence-electron chi connectivity index (χ1n) is 9.15. The Kier molecular flexibility index (Phi) is 5.56. The number of morpholine rings is 1. The number of hydrogen-bond acceptors (Lipinski definition) is 4. The van der Waals surface area contributed by atoms with Crippen LogP contribution >= 0.6 is 0 Å². The van der Waals surface area contributed by atoms with E-state index >= 15 is 0 Å². The first-order chi connectivity index (χ1) is 11.5. The van der Waals surface area contributed by atoms with Gasteiger partial charge in [-0.1, -0.05) is 0 Å². The van der Waals surface area contributed by atoms with Gasteiger partial charge in [-0.15, -0.1) is 0 Å². The number of carbonyl (C=O) groups is 1. The van der Waals surface area contributed by atoms with Gasteiger partial charge < -0.3 is 14.2 Å². The summed E-state index contributed by atoms with van der Waals surface area (Å²) in [5, 5.41) is 0. The van der Waals surface area contributed by atoms with E-state index in [0.717, 1.165) is 51.5 Å². The summed E-state index contributed by atoms with van der Waals surface area (Å²) in [5.41, 5.74) is 0. The molecule has 2 aliphatic rings. The minimum atomic E-state index is 0.0425. The Bertz CT molecular complexity index is 549. The number of piperidine rings is 1. The largest absolute Gasteiger partial charge is 0.375 e. The number of imidazole rings is 1. The summed E-state index contributed by atoms with van der Waals surface area (Å²) in [6.45, 7) is 8.63. The number of aromatic nitrogens is 2. The zero-order valence-electron chi connectivity index (χ0n) is 15.1. The molecule has 6 nitrogen and oxygen atoms in total. The van der Waals surface area contributed by atoms with Crippen molar-refractivity contribution < 1.29 is 9.53 Å². The van der Waals surface area contributed by atoms with Gasteiger partial charge in [0, 0.05) is 57.6 Å². The van der Waals surface area contributed by atoms with Crippen molar-refractivity contribution in [2.45, 2.75) is 51.2 Å². The van der Waals surface area contributed by atoms with Crippen molar-refractivity contribution >= 4 is 5.91 Å². The third kappa shape index (κ3) is 3.98. The topological polar surface area (TPSA) is 50.6 Å². The molecule has 1 aromatic heterocycles. The SMILES string of the molecule is CC(C)N1CCO[C@H](CC(=O)N2CCC(c3nccn3C)CC2)C1. The summed E-state index contributed by atoms with van der Waals surface area (Å²) in [5.74, 6) is 1.85. The Morgan fingerprint density at radius 2 is 2.08 bits per heavy atom. The van der Waals surface area contributed by atoms with E-state index in [2.05, 4.69) is 28.3 Å². The van der Waals surface area contributed by atoms with Gasteiger partial charge >= 0.3 is 0 Å². The summed E-state index contributed by atoms with van der Waals surface area (Å²) >= 11 is 0. The molecule has 134 valence electrons. The van der Waals surface area contributed by atoms with Crippen molar-refractivity contribution in [2.75, 3.05) is 32.8 Å². The molecule has 0 saturated carbocycles. The van der Waals surface area contributed by atoms with Crippen LogP contribution in [0.3, 0.4) is 0 Å². The van der Waals surface area contributed by atoms with Gasteiger partial charge in [0.25, 0.3) is 0 Å². The monoisotopic (exact) mass is 334 g/mol. The van der Waals surface area contributed by atoms with Crippen LogP contribution in [0.15, 0.2) is 12.4 Å². The minimum absolute atomic E-state index is 0.0425. The van der Waals surface area contributed by atoms with Gasteiger partial charge in [-0.2, -0.15) is 0 Å². The Morgan fingerprint density at radius 3 is 2.71 bits per heavy atom. The highest BCUT2D eigenvalue weighted by Crippen LogP contribution is 2.27. The molecule has 6 heteroatoms. The molecule has 0 aromatic carbocycles. The average Bonchev–Trinajstić information content (AvgIpc) is 3.01. The molecule has 0 radical (unpaired) electrons. The third-order valence-corrected chi connectivity index (χ3v) is 5.37. The van der Waals surface area contributed by atoms with E-state index in [4.69, 9.17) is 4.74 Å². The molecular weight excluding hydrogens is 304 g/mol. The lowest BCUT2D eigenvalue weighted by molar-refractivity contribution is -0.137. The number of carbonyl (C=O) groups excluding carboxylic acids is 1. The zero-order valence-corrected chi connectivity index (χ0v) is 15.1. The number of amides is 1. The normalized spacial score (nSPS) is 23.8. The Morgan fingerprint density at radius 1 is 1.33 bits per heavy atom. The van der Waals surface area contributed by atoms with E-state index in [1.165, 1.54) is 0 Å². The van der Waals surface area contributed by atoms with Gasteiger partial charge in [-0.25, -0.2) is 4.98 Å². The quantitative estimate of drug-likeness (QED) is 0.840. The molecule has 0 N–H and O–H groups in total. The molecule has 1 amide bonds. The molecule has 24 heavy (non-hydrogen) atoms. The standard InChI is InChI=1S/C18H30N4O2/c1-14(2)22-10-11-24-16(13-22)12-17(23)21-7-4-15(5-8-21)18-19-6-9-20(18)3/h6,9,14-16H,4-5,7-8,10-13H2,1-3H3/t16-/m1/s1. The van der Waals surface area contributed by atoms with Crippen LogP contribution in [-0.4, -0.2) is 70.2 Å². The highest BCUT2D eigenvalue weighted by Gasteiger charge is 2.29. The van der Waals surface area contributed by atoms with Crippen molar-refractivity contribution in [1.82, 2.24) is 19.4 Å². The van der Waals surface area contributed by atoms with Crippen LogP contribution in [0.1, 0.15) is 44.9 Å². The van der Waals surface area contributed by atoms with Crippen LogP contribution in [0, 0.1) is 0 Å². The molecule has 2 saturated heterocycles. The van der Waals surface area contributed by atoms with E-state index in [1.54, 1.807) is 0 Å². The smallest absolute Gasteiger partial charge is 0.225 e. The van der Waals surface area contributed by atoms with Gasteiger partial charge in [0.05, 0.1) is 19.1 Å². The van der Waals surface area contributed by atoms with Crippen molar-refractivity contribution in [3.8, 4) is 0 Å². The summed E-state index contributed by atoms with van der Waals surface area (Å²) in [6.07, 6.45) is 6.40. The van der Waals surface area contributed by atoms with Crippen molar-refractivity contribution in [3.05, 3.63) is 18.2 Å². The van der Waals surface area contributed by atoms with Gasteiger partial charge in [-0.3, -0.25) is 9.69 Å². The fourth-order valence-electron chi connectivity index (χ4n) is 3.82. The summed E-state index contributed by atoms with van der Waals surface area (Å²) in [7, 11) is 2.04. The number of aryl methyl sites for hydroxylation is 1. The predicted octanol–water partition coefficient (Wildman–Crippen LogP) is 1.63. The first-order valence-corrected chi connectivity index (χ1v) is 9.15. The van der Waals surface area contributed by atoms with E-state index in [1.807, 2.05) is 24.3 Å². The predicted molar refractivity (Wildman–Crippen MR) is 92.8 cm³/mol. The maximum atomic E-state index is 12.6. The van der Waals surface area contributed by atoms with Gasteiger partial charge in [0.2, 0.25) is 5.91 Å². The number of nitrogens with zero attached hydrogens (tertiary/aromatic N) is 4. The molecule has 2 fully saturated rings. The summed E-state index contributed by atoms with van der Waals surface area (Å²) < 4.78 is 7.91. The minimum Gasteiger partial charge on any atom is -0.375 e. The average molecular weight is 334 g/mol. The van der Waals surface area contributed by atoms with Crippen LogP contribution in [0.5, 0.6) is 0 Å². The van der Waals surface area contributed by atoms with Crippen molar-refractivity contribution in [3.63, 3.8) is 0 Å². The molecule has 3 heterocycles. The third-order valence-electron chi connectivity index (χ3n) is 5.37. The number of rotatable bonds is 4. The van der Waals surface area contributed by atoms with Crippen LogP contribution in [0.4, 0.5) is 0 Å². The molecule has 0 bridgehead atoms. The fraction of sp³-hybridized carbons (Fsp3) is 0.778. The van der Waals surface area contributed by atoms with E-state index < -0.39 is 0 Å². The lowest BCUT2D eigenvalue weighted by atomic mass is 9.95. The first kappa shape index (κ1) is 17.4. The van der Waals surface area contributed by atoms with Crippen LogP contribution in [0.25, 0.3) is 0 Å². The fourth-order valence-corrected chi connectivity index (χ4v) is 3.82. The Hall–Kier alpha value is -1.40. The number of hydrogen-bond donors (Lipinski definition) is 0. The van der Waals surface area contributed by atoms with E-state index in [-0.39, 0.29) is 12.0 Å². The maximum Gasteiger partial charge on any atom is 0.225 e. The molecule has 0 aliphatic carbocycles. The molecule has 1 atom stereocenters. The zero-order chi connectivity index (χ0) is 17.1. The molecule has 2 aliphatic heterocycles. The molecule has 1 aromatic rings. The van der Waals surface area contributed by atoms with Gasteiger partial charge in [0.1, 0.15) is 5.82 Å². The van der Waals surface area contributed by atoms with Crippen molar-refractivity contribution in [1.29, 1.82) is 0 Å². The molecular formula is C18H30N4O2. The number of likely N-dealkylation sites (tertiary alicyclic amines) is 1. The highest BCUT2D eigenvalue weighted by atomic mass is 16.5. The number of ether oxygens (including phenoxy) is 1. The van der Waals surface area contributed by atoms with Crippen LogP contribution in [-0.2, 0) is 16.6 Å². The lowest BCUT2D eigenvalue weighted by Gasteiger charge is -2.37. The van der Waals surface area contributed by atoms with Gasteiger partial charge in [-0.05, 0) is 26.7 Å². The molecule has 0 unspecified atom stereocenters.